The Hall–Kier alpha value is -3.29. The highest BCUT2D eigenvalue weighted by Gasteiger charge is 2.10. The number of nitrogens with one attached hydrogen (secondary N) is 1. The van der Waals surface area contributed by atoms with Crippen molar-refractivity contribution in [1.82, 2.24) is 10.4 Å². The van der Waals surface area contributed by atoms with Crippen molar-refractivity contribution in [2.45, 2.75) is 13.3 Å². The molecule has 8 heteroatoms. The second-order valence-corrected chi connectivity index (χ2v) is 4.79. The first-order valence-electron chi connectivity index (χ1n) is 7.16. The third-order valence-electron chi connectivity index (χ3n) is 3.26. The lowest BCUT2D eigenvalue weighted by atomic mass is 10.2. The first kappa shape index (κ1) is 17.1. The lowest BCUT2D eigenvalue weighted by Gasteiger charge is -2.04. The number of aryl methyl sites for hydroxylation is 1. The molecule has 124 valence electrons. The van der Waals surface area contributed by atoms with Crippen LogP contribution in [0.15, 0.2) is 41.6 Å². The van der Waals surface area contributed by atoms with Crippen molar-refractivity contribution in [3.05, 3.63) is 63.5 Å². The van der Waals surface area contributed by atoms with E-state index in [1.165, 1.54) is 31.5 Å². The zero-order chi connectivity index (χ0) is 17.5. The van der Waals surface area contributed by atoms with Crippen LogP contribution in [0.3, 0.4) is 0 Å². The number of nitrogens with zero attached hydrogens (tertiary/aromatic N) is 3. The molecule has 1 aromatic heterocycles. The fourth-order valence-corrected chi connectivity index (χ4v) is 1.92. The van der Waals surface area contributed by atoms with Gasteiger partial charge in [0.15, 0.2) is 0 Å². The number of nitro groups is 1. The minimum Gasteiger partial charge on any atom is -0.496 e. The summed E-state index contributed by atoms with van der Waals surface area (Å²) in [6.45, 7) is 1.99. The normalized spacial score (nSPS) is 10.6. The molecule has 24 heavy (non-hydrogen) atoms. The fraction of sp³-hybridized carbons (Fsp3) is 0.188. The van der Waals surface area contributed by atoms with Gasteiger partial charge in [-0.05, 0) is 24.1 Å². The van der Waals surface area contributed by atoms with E-state index in [1.54, 1.807) is 12.3 Å². The number of pyridine rings is 1. The van der Waals surface area contributed by atoms with Crippen LogP contribution < -0.4 is 10.2 Å². The first-order valence-corrected chi connectivity index (χ1v) is 7.16. The summed E-state index contributed by atoms with van der Waals surface area (Å²) in [5.41, 5.74) is 3.86. The van der Waals surface area contributed by atoms with E-state index in [-0.39, 0.29) is 11.4 Å². The molecule has 0 unspecified atom stereocenters. The molecule has 0 bridgehead atoms. The maximum atomic E-state index is 11.9. The molecule has 1 aromatic carbocycles. The number of carbonyl (C=O) groups excluding carboxylic acids is 1. The van der Waals surface area contributed by atoms with Crippen LogP contribution in [-0.2, 0) is 6.42 Å². The summed E-state index contributed by atoms with van der Waals surface area (Å²) >= 11 is 0. The van der Waals surface area contributed by atoms with Crippen LogP contribution in [0.2, 0.25) is 0 Å². The standard InChI is InChI=1S/C16H16N4O4/c1-3-11-4-6-14(17-9-11)16(21)19-18-10-12-8-13(20(22)23)5-7-15(12)24-2/h4-10H,3H2,1-2H3,(H,19,21). The van der Waals surface area contributed by atoms with Crippen molar-refractivity contribution < 1.29 is 14.5 Å². The molecular formula is C16H16N4O4. The highest BCUT2D eigenvalue weighted by atomic mass is 16.6. The number of hydrogen-bond acceptors (Lipinski definition) is 6. The number of rotatable bonds is 6. The Morgan fingerprint density at radius 2 is 2.21 bits per heavy atom. The van der Waals surface area contributed by atoms with Crippen LogP contribution in [0.5, 0.6) is 5.75 Å². The van der Waals surface area contributed by atoms with Gasteiger partial charge in [-0.2, -0.15) is 5.10 Å². The average Bonchev–Trinajstić information content (AvgIpc) is 2.61. The van der Waals surface area contributed by atoms with Crippen LogP contribution >= 0.6 is 0 Å². The van der Waals surface area contributed by atoms with Crippen molar-refractivity contribution in [2.75, 3.05) is 7.11 Å². The molecule has 0 aliphatic heterocycles. The number of benzene rings is 1. The second-order valence-electron chi connectivity index (χ2n) is 4.79. The Kier molecular flexibility index (Phi) is 5.56. The van der Waals surface area contributed by atoms with Gasteiger partial charge in [-0.3, -0.25) is 19.9 Å². The van der Waals surface area contributed by atoms with Crippen LogP contribution in [0.1, 0.15) is 28.5 Å². The average molecular weight is 328 g/mol. The molecular weight excluding hydrogens is 312 g/mol. The topological polar surface area (TPSA) is 107 Å². The summed E-state index contributed by atoms with van der Waals surface area (Å²) in [5.74, 6) is -0.0673. The SMILES string of the molecule is CCc1ccc(C(=O)NN=Cc2cc([N+](=O)[O-])ccc2OC)nc1. The second kappa shape index (κ2) is 7.82. The molecule has 0 spiro atoms. The van der Waals surface area contributed by atoms with Gasteiger partial charge in [-0.15, -0.1) is 0 Å². The van der Waals surface area contributed by atoms with Gasteiger partial charge < -0.3 is 4.74 Å². The number of nitro benzene ring substituents is 1. The molecule has 8 nitrogen and oxygen atoms in total. The fourth-order valence-electron chi connectivity index (χ4n) is 1.92. The van der Waals surface area contributed by atoms with Gasteiger partial charge >= 0.3 is 0 Å². The third kappa shape index (κ3) is 4.13. The third-order valence-corrected chi connectivity index (χ3v) is 3.26. The number of amides is 1. The minimum atomic E-state index is -0.519. The van der Waals surface area contributed by atoms with E-state index >= 15 is 0 Å². The molecule has 0 saturated heterocycles. The Labute approximate surface area is 138 Å². The molecule has 1 amide bonds. The summed E-state index contributed by atoms with van der Waals surface area (Å²) in [5, 5.41) is 14.6. The maximum absolute atomic E-state index is 11.9. The van der Waals surface area contributed by atoms with E-state index in [0.29, 0.717) is 11.3 Å². The lowest BCUT2D eigenvalue weighted by molar-refractivity contribution is -0.384. The van der Waals surface area contributed by atoms with Crippen molar-refractivity contribution in [3.63, 3.8) is 0 Å². The molecule has 0 atom stereocenters. The van der Waals surface area contributed by atoms with Crippen LogP contribution in [0, 0.1) is 10.1 Å². The van der Waals surface area contributed by atoms with E-state index in [4.69, 9.17) is 4.74 Å². The highest BCUT2D eigenvalue weighted by molar-refractivity contribution is 5.93. The van der Waals surface area contributed by atoms with Gasteiger partial charge in [-0.25, -0.2) is 5.43 Å². The van der Waals surface area contributed by atoms with Gasteiger partial charge in [-0.1, -0.05) is 13.0 Å². The van der Waals surface area contributed by atoms with Crippen LogP contribution in [0.4, 0.5) is 5.69 Å². The van der Waals surface area contributed by atoms with E-state index in [1.807, 2.05) is 13.0 Å². The highest BCUT2D eigenvalue weighted by Crippen LogP contribution is 2.22. The van der Waals surface area contributed by atoms with Gasteiger partial charge in [0.1, 0.15) is 11.4 Å². The maximum Gasteiger partial charge on any atom is 0.289 e. The molecule has 0 radical (unpaired) electrons. The van der Waals surface area contributed by atoms with Crippen LogP contribution in [0.25, 0.3) is 0 Å². The number of ether oxygens (including phenoxy) is 1. The predicted molar refractivity (Wildman–Crippen MR) is 88.3 cm³/mol. The molecule has 0 saturated carbocycles. The molecule has 2 rings (SSSR count). The number of non-ortho nitro benzene ring substituents is 1. The Morgan fingerprint density at radius 1 is 1.42 bits per heavy atom. The van der Waals surface area contributed by atoms with E-state index < -0.39 is 10.8 Å². The van der Waals surface area contributed by atoms with Gasteiger partial charge in [0.2, 0.25) is 0 Å². The van der Waals surface area contributed by atoms with Crippen molar-refractivity contribution >= 4 is 17.8 Å². The van der Waals surface area contributed by atoms with Gasteiger partial charge in [0, 0.05) is 23.9 Å². The van der Waals surface area contributed by atoms with Crippen LogP contribution in [-0.4, -0.2) is 29.1 Å². The summed E-state index contributed by atoms with van der Waals surface area (Å²) in [6.07, 6.45) is 3.74. The monoisotopic (exact) mass is 328 g/mol. The quantitative estimate of drug-likeness (QED) is 0.497. The van der Waals surface area contributed by atoms with Crippen molar-refractivity contribution in [2.24, 2.45) is 5.10 Å². The predicted octanol–water partition coefficient (Wildman–Crippen LogP) is 2.32. The Bertz CT molecular complexity index is 772. The first-order chi connectivity index (χ1) is 11.5. The Morgan fingerprint density at radius 3 is 2.79 bits per heavy atom. The molecule has 2 aromatic rings. The van der Waals surface area contributed by atoms with Gasteiger partial charge in [0.05, 0.1) is 18.2 Å². The molecule has 0 aliphatic carbocycles. The van der Waals surface area contributed by atoms with E-state index in [2.05, 4.69) is 15.5 Å². The molecule has 1 N–H and O–H groups in total. The largest absolute Gasteiger partial charge is 0.496 e. The lowest BCUT2D eigenvalue weighted by Crippen LogP contribution is -2.19. The number of carbonyl (C=O) groups is 1. The summed E-state index contributed by atoms with van der Waals surface area (Å²) in [4.78, 5) is 26.3. The number of methoxy groups -OCH3 is 1. The summed E-state index contributed by atoms with van der Waals surface area (Å²) < 4.78 is 5.11. The molecule has 0 fully saturated rings. The Balaban J connectivity index is 2.11. The zero-order valence-electron chi connectivity index (χ0n) is 13.2. The van der Waals surface area contributed by atoms with Gasteiger partial charge in [0.25, 0.3) is 11.6 Å². The van der Waals surface area contributed by atoms with Crippen molar-refractivity contribution in [3.8, 4) is 5.75 Å². The number of hydrogen-bond donors (Lipinski definition) is 1. The smallest absolute Gasteiger partial charge is 0.289 e. The summed E-state index contributed by atoms with van der Waals surface area (Å²) in [6, 6.07) is 7.52. The zero-order valence-corrected chi connectivity index (χ0v) is 13.2. The van der Waals surface area contributed by atoms with E-state index in [0.717, 1.165) is 12.0 Å². The molecule has 0 aliphatic rings. The number of aromatic nitrogens is 1. The minimum absolute atomic E-state index is 0.0969. The van der Waals surface area contributed by atoms with E-state index in [9.17, 15) is 14.9 Å². The molecule has 1 heterocycles. The summed E-state index contributed by atoms with van der Waals surface area (Å²) in [7, 11) is 1.44. The number of hydrazone groups is 1. The van der Waals surface area contributed by atoms with Crippen molar-refractivity contribution in [1.29, 1.82) is 0 Å².